The fraction of sp³-hybridized carbons (Fsp3) is 0. The fourth-order valence-corrected chi connectivity index (χ4v) is 3.30. The lowest BCUT2D eigenvalue weighted by Crippen LogP contribution is -1.89. The number of hydrogen-bond acceptors (Lipinski definition) is 4. The van der Waals surface area contributed by atoms with Crippen molar-refractivity contribution in [1.82, 2.24) is 33.1 Å². The standard InChI is InChI=1S/C20H13N7/c1-2-6-25-11-15(23-18(25)3-1)14-4-7-26-13-17(24-19(26)9-14)16-12-27-8-5-21-20(27)10-22-16/h1-13H. The number of fused-ring (bicyclic) bond motifs is 3. The first-order chi connectivity index (χ1) is 13.3. The van der Waals surface area contributed by atoms with Crippen LogP contribution in [0.15, 0.2) is 79.9 Å². The van der Waals surface area contributed by atoms with Crippen molar-refractivity contribution < 1.29 is 0 Å². The highest BCUT2D eigenvalue weighted by Gasteiger charge is 2.10. The van der Waals surface area contributed by atoms with E-state index < -0.39 is 0 Å². The third kappa shape index (κ3) is 2.22. The molecule has 7 heteroatoms. The predicted molar refractivity (Wildman–Crippen MR) is 101 cm³/mol. The van der Waals surface area contributed by atoms with Crippen LogP contribution in [0.1, 0.15) is 0 Å². The van der Waals surface area contributed by atoms with Gasteiger partial charge in [0.2, 0.25) is 0 Å². The van der Waals surface area contributed by atoms with Crippen molar-refractivity contribution in [3.8, 4) is 22.6 Å². The van der Waals surface area contributed by atoms with Gasteiger partial charge in [-0.3, -0.25) is 0 Å². The number of rotatable bonds is 2. The van der Waals surface area contributed by atoms with E-state index >= 15 is 0 Å². The Kier molecular flexibility index (Phi) is 2.76. The molecule has 6 aromatic rings. The van der Waals surface area contributed by atoms with Crippen LogP contribution in [0.4, 0.5) is 0 Å². The van der Waals surface area contributed by atoms with Gasteiger partial charge in [-0.05, 0) is 24.3 Å². The molecule has 0 atom stereocenters. The number of pyridine rings is 2. The summed E-state index contributed by atoms with van der Waals surface area (Å²) in [5, 5.41) is 0. The lowest BCUT2D eigenvalue weighted by Gasteiger charge is -1.97. The van der Waals surface area contributed by atoms with E-state index in [-0.39, 0.29) is 0 Å². The van der Waals surface area contributed by atoms with Crippen LogP contribution in [-0.4, -0.2) is 33.1 Å². The highest BCUT2D eigenvalue weighted by atomic mass is 15.0. The van der Waals surface area contributed by atoms with E-state index in [0.717, 1.165) is 39.6 Å². The Bertz CT molecular complexity index is 1400. The molecule has 0 unspecified atom stereocenters. The van der Waals surface area contributed by atoms with E-state index in [9.17, 15) is 0 Å². The van der Waals surface area contributed by atoms with Gasteiger partial charge in [0, 0.05) is 48.9 Å². The van der Waals surface area contributed by atoms with E-state index in [4.69, 9.17) is 4.98 Å². The van der Waals surface area contributed by atoms with E-state index in [1.807, 2.05) is 80.7 Å². The average Bonchev–Trinajstić information content (AvgIpc) is 3.42. The van der Waals surface area contributed by atoms with Gasteiger partial charge in [-0.25, -0.2) is 19.9 Å². The largest absolute Gasteiger partial charge is 0.306 e. The quantitative estimate of drug-likeness (QED) is 0.480. The summed E-state index contributed by atoms with van der Waals surface area (Å²) >= 11 is 0. The van der Waals surface area contributed by atoms with Crippen LogP contribution in [-0.2, 0) is 0 Å². The van der Waals surface area contributed by atoms with Gasteiger partial charge in [0.05, 0.1) is 11.9 Å². The topological polar surface area (TPSA) is 64.8 Å². The summed E-state index contributed by atoms with van der Waals surface area (Å²) in [7, 11) is 0. The molecule has 7 nitrogen and oxygen atoms in total. The first-order valence-electron chi connectivity index (χ1n) is 8.55. The summed E-state index contributed by atoms with van der Waals surface area (Å²) in [6.45, 7) is 0. The number of nitrogens with zero attached hydrogens (tertiary/aromatic N) is 7. The molecule has 0 spiro atoms. The van der Waals surface area contributed by atoms with Gasteiger partial charge >= 0.3 is 0 Å². The summed E-state index contributed by atoms with van der Waals surface area (Å²) in [4.78, 5) is 18.1. The lowest BCUT2D eigenvalue weighted by atomic mass is 10.2. The molecule has 6 heterocycles. The molecule has 128 valence electrons. The fourth-order valence-electron chi connectivity index (χ4n) is 3.30. The van der Waals surface area contributed by atoms with E-state index in [1.54, 1.807) is 12.4 Å². The van der Waals surface area contributed by atoms with Crippen molar-refractivity contribution in [3.63, 3.8) is 0 Å². The smallest absolute Gasteiger partial charge is 0.155 e. The highest BCUT2D eigenvalue weighted by Crippen LogP contribution is 2.23. The Hall–Kier alpha value is -4.00. The second kappa shape index (κ2) is 5.25. The van der Waals surface area contributed by atoms with Crippen LogP contribution in [0.2, 0.25) is 0 Å². The van der Waals surface area contributed by atoms with Crippen molar-refractivity contribution in [2.75, 3.05) is 0 Å². The Morgan fingerprint density at radius 2 is 1.44 bits per heavy atom. The molecule has 6 rings (SSSR count). The highest BCUT2D eigenvalue weighted by molar-refractivity contribution is 5.68. The van der Waals surface area contributed by atoms with Gasteiger partial charge in [-0.2, -0.15) is 0 Å². The Labute approximate surface area is 153 Å². The van der Waals surface area contributed by atoms with Crippen molar-refractivity contribution in [3.05, 3.63) is 79.9 Å². The SMILES string of the molecule is c1ccn2cc(-c3ccn4cc(-c5cn6ccnc6cn5)nc4c3)nc2c1. The monoisotopic (exact) mass is 351 g/mol. The molecule has 0 aliphatic rings. The molecule has 27 heavy (non-hydrogen) atoms. The van der Waals surface area contributed by atoms with Crippen molar-refractivity contribution in [2.45, 2.75) is 0 Å². The van der Waals surface area contributed by atoms with E-state index in [2.05, 4.69) is 15.0 Å². The van der Waals surface area contributed by atoms with Gasteiger partial charge in [0.1, 0.15) is 22.7 Å². The maximum atomic E-state index is 4.75. The number of imidazole rings is 3. The molecule has 0 aliphatic carbocycles. The van der Waals surface area contributed by atoms with Crippen molar-refractivity contribution >= 4 is 16.9 Å². The molecular weight excluding hydrogens is 338 g/mol. The molecule has 0 aliphatic heterocycles. The molecular formula is C20H13N7. The maximum Gasteiger partial charge on any atom is 0.155 e. The third-order valence-corrected chi connectivity index (χ3v) is 4.66. The minimum absolute atomic E-state index is 0.804. The molecule has 0 fully saturated rings. The van der Waals surface area contributed by atoms with Gasteiger partial charge in [-0.1, -0.05) is 6.07 Å². The summed E-state index contributed by atoms with van der Waals surface area (Å²) < 4.78 is 5.95. The normalized spacial score (nSPS) is 11.7. The van der Waals surface area contributed by atoms with E-state index in [0.29, 0.717) is 0 Å². The summed E-state index contributed by atoms with van der Waals surface area (Å²) in [5.41, 5.74) is 6.17. The van der Waals surface area contributed by atoms with Crippen LogP contribution in [0.25, 0.3) is 39.6 Å². The van der Waals surface area contributed by atoms with Crippen LogP contribution in [0, 0.1) is 0 Å². The second-order valence-corrected chi connectivity index (χ2v) is 6.36. The second-order valence-electron chi connectivity index (χ2n) is 6.36. The Morgan fingerprint density at radius 1 is 0.630 bits per heavy atom. The molecule has 0 saturated carbocycles. The van der Waals surface area contributed by atoms with Gasteiger partial charge in [0.15, 0.2) is 5.65 Å². The number of aromatic nitrogens is 7. The summed E-state index contributed by atoms with van der Waals surface area (Å²) in [6, 6.07) is 10.1. The van der Waals surface area contributed by atoms with Gasteiger partial charge in [0.25, 0.3) is 0 Å². The van der Waals surface area contributed by atoms with Crippen LogP contribution >= 0.6 is 0 Å². The van der Waals surface area contributed by atoms with Gasteiger partial charge in [-0.15, -0.1) is 0 Å². The zero-order valence-electron chi connectivity index (χ0n) is 14.1. The maximum absolute atomic E-state index is 4.75. The zero-order valence-corrected chi connectivity index (χ0v) is 14.1. The first kappa shape index (κ1) is 14.2. The van der Waals surface area contributed by atoms with Crippen LogP contribution in [0.5, 0.6) is 0 Å². The van der Waals surface area contributed by atoms with Crippen LogP contribution < -0.4 is 0 Å². The number of hydrogen-bond donors (Lipinski definition) is 0. The minimum atomic E-state index is 0.804. The molecule has 6 aromatic heterocycles. The lowest BCUT2D eigenvalue weighted by molar-refractivity contribution is 1.12. The van der Waals surface area contributed by atoms with Gasteiger partial charge < -0.3 is 13.2 Å². The molecule has 0 aromatic carbocycles. The summed E-state index contributed by atoms with van der Waals surface area (Å²) in [6.07, 6.45) is 15.3. The molecule has 0 saturated heterocycles. The third-order valence-electron chi connectivity index (χ3n) is 4.66. The molecule has 0 amide bonds. The first-order valence-corrected chi connectivity index (χ1v) is 8.55. The Morgan fingerprint density at radius 3 is 2.41 bits per heavy atom. The van der Waals surface area contributed by atoms with Crippen molar-refractivity contribution in [1.29, 1.82) is 0 Å². The van der Waals surface area contributed by atoms with Crippen molar-refractivity contribution in [2.24, 2.45) is 0 Å². The summed E-state index contributed by atoms with van der Waals surface area (Å²) in [5.74, 6) is 0. The average molecular weight is 351 g/mol. The molecule has 0 radical (unpaired) electrons. The van der Waals surface area contributed by atoms with Crippen LogP contribution in [0.3, 0.4) is 0 Å². The zero-order chi connectivity index (χ0) is 17.8. The Balaban J connectivity index is 1.46. The van der Waals surface area contributed by atoms with E-state index in [1.165, 1.54) is 0 Å². The minimum Gasteiger partial charge on any atom is -0.306 e. The predicted octanol–water partition coefficient (Wildman–Crippen LogP) is 3.36. The molecule has 0 bridgehead atoms. The molecule has 0 N–H and O–H groups in total.